The Labute approximate surface area is 235 Å². The molecule has 2 saturated heterocycles. The minimum absolute atomic E-state index is 0.0649. The highest BCUT2D eigenvalue weighted by Crippen LogP contribution is 2.41. The summed E-state index contributed by atoms with van der Waals surface area (Å²) in [6.07, 6.45) is 15.3. The predicted octanol–water partition coefficient (Wildman–Crippen LogP) is 6.13. The largest absolute Gasteiger partial charge is 0.624 e. The molecule has 4 atom stereocenters. The van der Waals surface area contributed by atoms with E-state index < -0.39 is 36.0 Å². The van der Waals surface area contributed by atoms with Gasteiger partial charge in [-0.05, 0) is 84.3 Å². The molecule has 0 unspecified atom stereocenters. The smallest absolute Gasteiger partial charge is 0.182 e. The monoisotopic (exact) mass is 543 g/mol. The van der Waals surface area contributed by atoms with Crippen LogP contribution in [0.2, 0.25) is 0 Å². The Morgan fingerprint density at radius 2 is 1.51 bits per heavy atom. The van der Waals surface area contributed by atoms with Gasteiger partial charge in [-0.25, -0.2) is 4.74 Å². The summed E-state index contributed by atoms with van der Waals surface area (Å²) in [5.41, 5.74) is 5.30. The SMILES string of the molecule is CC1=C(/C=C/C(C)=C/C=C/C(C)=C/C=[N+](\[O-])C[C@H]2OC(C)(C)O[C@@H]2[C@@H]2OC(C)(C)O[C@@H]2CO)C(C)(C)CCC1. The number of rotatable bonds is 9. The molecule has 0 aromatic rings. The first-order valence-electron chi connectivity index (χ1n) is 14.1. The van der Waals surface area contributed by atoms with Crippen LogP contribution in [0, 0.1) is 10.6 Å². The second kappa shape index (κ2) is 12.6. The van der Waals surface area contributed by atoms with Gasteiger partial charge in [-0.15, -0.1) is 0 Å². The molecule has 3 rings (SSSR count). The first-order chi connectivity index (χ1) is 18.1. The molecule has 0 aromatic carbocycles. The van der Waals surface area contributed by atoms with Crippen molar-refractivity contribution in [3.8, 4) is 0 Å². The van der Waals surface area contributed by atoms with E-state index in [4.69, 9.17) is 18.9 Å². The van der Waals surface area contributed by atoms with E-state index in [0.717, 1.165) is 10.3 Å². The Morgan fingerprint density at radius 1 is 0.923 bits per heavy atom. The molecule has 3 aliphatic rings. The van der Waals surface area contributed by atoms with Crippen LogP contribution in [0.25, 0.3) is 0 Å². The normalized spacial score (nSPS) is 31.7. The minimum atomic E-state index is -0.874. The third kappa shape index (κ3) is 8.73. The molecule has 0 aromatic heterocycles. The standard InChI is InChI=1S/C32H49NO6/c1-22(15-16-25-24(3)14-11-18-30(25,4)5)12-10-13-23(2)17-19-33(35)20-26-28(38-31(6,7)36-26)29-27(21-34)37-32(8,9)39-29/h10,12-13,15-17,19,26-29,34H,11,14,18,20-21H2,1-9H3/b13-10+,16-15+,22-12+,23-17+,33-19-/t26-,27-,28+,29-/m1/s1. The molecule has 1 aliphatic carbocycles. The van der Waals surface area contributed by atoms with Crippen molar-refractivity contribution in [2.45, 2.75) is 118 Å². The molecule has 0 amide bonds. The van der Waals surface area contributed by atoms with Gasteiger partial charge in [-0.2, -0.15) is 0 Å². The summed E-state index contributed by atoms with van der Waals surface area (Å²) in [6.45, 7) is 18.0. The fraction of sp³-hybridized carbons (Fsp3) is 0.656. The predicted molar refractivity (Wildman–Crippen MR) is 155 cm³/mol. The molecular formula is C32H49NO6. The summed E-state index contributed by atoms with van der Waals surface area (Å²) in [7, 11) is 0. The molecular weight excluding hydrogens is 494 g/mol. The maximum absolute atomic E-state index is 12.8. The summed E-state index contributed by atoms with van der Waals surface area (Å²) in [5.74, 6) is -1.72. The molecule has 2 heterocycles. The lowest BCUT2D eigenvalue weighted by atomic mass is 9.72. The fourth-order valence-corrected chi connectivity index (χ4v) is 5.69. The molecule has 0 bridgehead atoms. The Hall–Kier alpha value is -2.03. The van der Waals surface area contributed by atoms with Crippen molar-refractivity contribution in [3.63, 3.8) is 0 Å². The molecule has 1 N–H and O–H groups in total. The number of ether oxygens (including phenoxy) is 4. The molecule has 7 heteroatoms. The molecule has 39 heavy (non-hydrogen) atoms. The van der Waals surface area contributed by atoms with Crippen LogP contribution >= 0.6 is 0 Å². The highest BCUT2D eigenvalue weighted by atomic mass is 16.8. The van der Waals surface area contributed by atoms with E-state index in [2.05, 4.69) is 45.9 Å². The highest BCUT2D eigenvalue weighted by Gasteiger charge is 2.54. The van der Waals surface area contributed by atoms with E-state index >= 15 is 0 Å². The minimum Gasteiger partial charge on any atom is -0.624 e. The molecule has 2 aliphatic heterocycles. The summed E-state index contributed by atoms with van der Waals surface area (Å²) in [4.78, 5) is 0. The van der Waals surface area contributed by atoms with Crippen LogP contribution in [-0.2, 0) is 18.9 Å². The molecule has 0 saturated carbocycles. The van der Waals surface area contributed by atoms with Crippen molar-refractivity contribution < 1.29 is 28.8 Å². The number of aliphatic hydroxyl groups excluding tert-OH is 1. The van der Waals surface area contributed by atoms with Crippen molar-refractivity contribution in [2.75, 3.05) is 13.2 Å². The Balaban J connectivity index is 1.61. The number of nitrogens with zero attached hydrogens (tertiary/aromatic N) is 1. The lowest BCUT2D eigenvalue weighted by Gasteiger charge is -2.32. The highest BCUT2D eigenvalue weighted by molar-refractivity contribution is 5.68. The lowest BCUT2D eigenvalue weighted by molar-refractivity contribution is -0.465. The Kier molecular flexibility index (Phi) is 10.2. The summed E-state index contributed by atoms with van der Waals surface area (Å²) >= 11 is 0. The van der Waals surface area contributed by atoms with Crippen LogP contribution in [0.5, 0.6) is 0 Å². The van der Waals surface area contributed by atoms with Crippen molar-refractivity contribution in [2.24, 2.45) is 5.41 Å². The maximum atomic E-state index is 12.8. The van der Waals surface area contributed by atoms with E-state index in [-0.39, 0.29) is 18.6 Å². The molecule has 0 radical (unpaired) electrons. The van der Waals surface area contributed by atoms with Gasteiger partial charge in [0.15, 0.2) is 24.3 Å². The van der Waals surface area contributed by atoms with E-state index in [9.17, 15) is 10.3 Å². The molecule has 2 fully saturated rings. The summed E-state index contributed by atoms with van der Waals surface area (Å²) in [6, 6.07) is 0. The summed E-state index contributed by atoms with van der Waals surface area (Å²) in [5, 5.41) is 22.6. The molecule has 0 spiro atoms. The average molecular weight is 544 g/mol. The fourth-order valence-electron chi connectivity index (χ4n) is 5.69. The van der Waals surface area contributed by atoms with Gasteiger partial charge >= 0.3 is 0 Å². The first-order valence-corrected chi connectivity index (χ1v) is 14.1. The van der Waals surface area contributed by atoms with Gasteiger partial charge in [0.25, 0.3) is 0 Å². The van der Waals surface area contributed by atoms with Gasteiger partial charge < -0.3 is 29.3 Å². The van der Waals surface area contributed by atoms with Crippen LogP contribution < -0.4 is 0 Å². The van der Waals surface area contributed by atoms with Crippen molar-refractivity contribution in [1.82, 2.24) is 0 Å². The van der Waals surface area contributed by atoms with Crippen LogP contribution in [0.4, 0.5) is 0 Å². The third-order valence-electron chi connectivity index (χ3n) is 7.58. The van der Waals surface area contributed by atoms with E-state index in [1.807, 2.05) is 19.1 Å². The van der Waals surface area contributed by atoms with Crippen molar-refractivity contribution in [3.05, 3.63) is 64.0 Å². The first kappa shape index (κ1) is 31.5. The average Bonchev–Trinajstić information content (AvgIpc) is 3.30. The molecule has 218 valence electrons. The van der Waals surface area contributed by atoms with Gasteiger partial charge in [-0.1, -0.05) is 55.4 Å². The van der Waals surface area contributed by atoms with E-state index in [0.29, 0.717) is 0 Å². The second-order valence-corrected chi connectivity index (χ2v) is 12.7. The topological polar surface area (TPSA) is 83.2 Å². The van der Waals surface area contributed by atoms with Crippen LogP contribution in [0.1, 0.15) is 81.6 Å². The number of hydrogen-bond acceptors (Lipinski definition) is 6. The van der Waals surface area contributed by atoms with Gasteiger partial charge in [-0.3, -0.25) is 0 Å². The van der Waals surface area contributed by atoms with Crippen molar-refractivity contribution >= 4 is 6.21 Å². The number of hydroxylamine groups is 1. The molecule has 7 nitrogen and oxygen atoms in total. The van der Waals surface area contributed by atoms with Crippen LogP contribution in [-0.4, -0.2) is 65.2 Å². The lowest BCUT2D eigenvalue weighted by Crippen LogP contribution is -2.45. The van der Waals surface area contributed by atoms with Gasteiger partial charge in [0.1, 0.15) is 24.4 Å². The Bertz CT molecular complexity index is 1060. The summed E-state index contributed by atoms with van der Waals surface area (Å²) < 4.78 is 24.8. The zero-order valence-corrected chi connectivity index (χ0v) is 25.3. The third-order valence-corrected chi connectivity index (χ3v) is 7.58. The van der Waals surface area contributed by atoms with Crippen LogP contribution in [0.15, 0.2) is 58.7 Å². The number of aliphatic hydroxyl groups is 1. The zero-order chi connectivity index (χ0) is 29.0. The second-order valence-electron chi connectivity index (χ2n) is 12.7. The number of hydrogen-bond donors (Lipinski definition) is 1. The van der Waals surface area contributed by atoms with Crippen molar-refractivity contribution in [1.29, 1.82) is 0 Å². The van der Waals surface area contributed by atoms with E-state index in [1.165, 1.54) is 42.2 Å². The number of allylic oxidation sites excluding steroid dienone is 10. The van der Waals surface area contributed by atoms with Gasteiger partial charge in [0.05, 0.1) is 6.61 Å². The van der Waals surface area contributed by atoms with Crippen LogP contribution in [0.3, 0.4) is 0 Å². The quantitative estimate of drug-likeness (QED) is 0.124. The van der Waals surface area contributed by atoms with Gasteiger partial charge in [0, 0.05) is 6.08 Å². The van der Waals surface area contributed by atoms with Gasteiger partial charge in [0.2, 0.25) is 0 Å². The maximum Gasteiger partial charge on any atom is 0.182 e. The zero-order valence-electron chi connectivity index (χ0n) is 25.3. The Morgan fingerprint density at radius 3 is 2.13 bits per heavy atom. The van der Waals surface area contributed by atoms with E-state index in [1.54, 1.807) is 33.8 Å².